The number of hydrogen-bond donors (Lipinski definition) is 1. The molecule has 4 heteroatoms. The molecule has 0 saturated carbocycles. The predicted molar refractivity (Wildman–Crippen MR) is 88.0 cm³/mol. The Kier molecular flexibility index (Phi) is 5.21. The van der Waals surface area contributed by atoms with E-state index in [4.69, 9.17) is 11.6 Å². The first-order valence-corrected chi connectivity index (χ1v) is 7.45. The number of para-hydroxylation sites is 1. The highest BCUT2D eigenvalue weighted by Crippen LogP contribution is 2.32. The fraction of sp³-hybridized carbons (Fsp3) is 0.294. The Morgan fingerprint density at radius 1 is 1.24 bits per heavy atom. The lowest BCUT2D eigenvalue weighted by Crippen LogP contribution is -2.18. The van der Waals surface area contributed by atoms with E-state index in [1.807, 2.05) is 43.1 Å². The summed E-state index contributed by atoms with van der Waals surface area (Å²) in [7, 11) is 1.90. The van der Waals surface area contributed by atoms with Gasteiger partial charge in [0, 0.05) is 23.3 Å². The fourth-order valence-corrected chi connectivity index (χ4v) is 2.69. The van der Waals surface area contributed by atoms with Gasteiger partial charge in [0.2, 0.25) is 0 Å². The van der Waals surface area contributed by atoms with Crippen LogP contribution in [0.5, 0.6) is 0 Å². The third kappa shape index (κ3) is 3.36. The van der Waals surface area contributed by atoms with E-state index >= 15 is 0 Å². The van der Waals surface area contributed by atoms with Gasteiger partial charge in [0.15, 0.2) is 0 Å². The van der Waals surface area contributed by atoms with Crippen LogP contribution in [-0.2, 0) is 0 Å². The highest BCUT2D eigenvalue weighted by Gasteiger charge is 2.14. The Morgan fingerprint density at radius 2 is 1.95 bits per heavy atom. The van der Waals surface area contributed by atoms with Crippen LogP contribution < -0.4 is 10.2 Å². The maximum Gasteiger partial charge on any atom is 0.146 e. The zero-order chi connectivity index (χ0) is 15.4. The minimum Gasteiger partial charge on any atom is -0.339 e. The van der Waals surface area contributed by atoms with Crippen LogP contribution in [0.1, 0.15) is 25.5 Å². The zero-order valence-corrected chi connectivity index (χ0v) is 13.3. The van der Waals surface area contributed by atoms with Crippen molar-refractivity contribution in [2.75, 3.05) is 18.5 Å². The molecule has 0 aliphatic carbocycles. The van der Waals surface area contributed by atoms with Gasteiger partial charge >= 0.3 is 0 Å². The van der Waals surface area contributed by atoms with E-state index in [-0.39, 0.29) is 11.9 Å². The molecular formula is C17H20ClFN2. The molecule has 0 aliphatic rings. The number of rotatable bonds is 5. The van der Waals surface area contributed by atoms with Crippen molar-refractivity contribution in [3.8, 4) is 0 Å². The minimum absolute atomic E-state index is 0.176. The van der Waals surface area contributed by atoms with Crippen LogP contribution in [0.15, 0.2) is 42.5 Å². The summed E-state index contributed by atoms with van der Waals surface area (Å²) in [5.74, 6) is -0.233. The summed E-state index contributed by atoms with van der Waals surface area (Å²) >= 11 is 6.37. The van der Waals surface area contributed by atoms with Gasteiger partial charge in [-0.1, -0.05) is 29.8 Å². The Hall–Kier alpha value is -1.58. The van der Waals surface area contributed by atoms with Gasteiger partial charge in [-0.3, -0.25) is 0 Å². The highest BCUT2D eigenvalue weighted by atomic mass is 35.5. The molecule has 1 N–H and O–H groups in total. The zero-order valence-electron chi connectivity index (χ0n) is 12.5. The molecule has 1 unspecified atom stereocenters. The molecule has 0 fully saturated rings. The molecule has 0 bridgehead atoms. The molecule has 21 heavy (non-hydrogen) atoms. The standard InChI is InChI=1S/C17H20ClFN2/c1-4-21(17-8-6-5-7-16(17)19)13-9-10-14(12(2)20-3)15(18)11-13/h5-12,20H,4H2,1-3H3. The molecule has 1 atom stereocenters. The number of halogens is 2. The first-order valence-electron chi connectivity index (χ1n) is 7.07. The summed E-state index contributed by atoms with van der Waals surface area (Å²) < 4.78 is 14.0. The second-order valence-electron chi connectivity index (χ2n) is 4.91. The van der Waals surface area contributed by atoms with E-state index in [1.165, 1.54) is 6.07 Å². The van der Waals surface area contributed by atoms with Gasteiger partial charge in [0.25, 0.3) is 0 Å². The molecule has 2 rings (SSSR count). The van der Waals surface area contributed by atoms with Crippen LogP contribution in [0.4, 0.5) is 15.8 Å². The molecule has 0 saturated heterocycles. The first kappa shape index (κ1) is 15.8. The number of nitrogens with one attached hydrogen (secondary N) is 1. The Morgan fingerprint density at radius 3 is 2.52 bits per heavy atom. The first-order chi connectivity index (χ1) is 10.1. The van der Waals surface area contributed by atoms with Crippen molar-refractivity contribution in [1.29, 1.82) is 0 Å². The smallest absolute Gasteiger partial charge is 0.146 e. The highest BCUT2D eigenvalue weighted by molar-refractivity contribution is 6.31. The Balaban J connectivity index is 2.40. The van der Waals surface area contributed by atoms with Crippen molar-refractivity contribution < 1.29 is 4.39 Å². The van der Waals surface area contributed by atoms with Crippen molar-refractivity contribution >= 4 is 23.0 Å². The van der Waals surface area contributed by atoms with Crippen molar-refractivity contribution in [3.63, 3.8) is 0 Å². The second-order valence-corrected chi connectivity index (χ2v) is 5.32. The van der Waals surface area contributed by atoms with Crippen LogP contribution in [0.2, 0.25) is 5.02 Å². The maximum atomic E-state index is 14.0. The Labute approximate surface area is 130 Å². The molecule has 2 aromatic carbocycles. The summed E-state index contributed by atoms with van der Waals surface area (Å²) in [6.45, 7) is 4.71. The van der Waals surface area contributed by atoms with Crippen molar-refractivity contribution in [1.82, 2.24) is 5.32 Å². The van der Waals surface area contributed by atoms with Crippen LogP contribution in [0.25, 0.3) is 0 Å². The van der Waals surface area contributed by atoms with E-state index in [2.05, 4.69) is 12.2 Å². The topological polar surface area (TPSA) is 15.3 Å². The molecular weight excluding hydrogens is 287 g/mol. The summed E-state index contributed by atoms with van der Waals surface area (Å²) in [6.07, 6.45) is 0. The summed E-state index contributed by atoms with van der Waals surface area (Å²) in [5, 5.41) is 3.85. The second kappa shape index (κ2) is 6.92. The van der Waals surface area contributed by atoms with E-state index in [0.717, 1.165) is 11.3 Å². The lowest BCUT2D eigenvalue weighted by atomic mass is 10.1. The van der Waals surface area contributed by atoms with Crippen molar-refractivity contribution in [3.05, 3.63) is 58.9 Å². The average Bonchev–Trinajstić information content (AvgIpc) is 2.49. The molecule has 0 spiro atoms. The quantitative estimate of drug-likeness (QED) is 0.843. The molecule has 0 heterocycles. The van der Waals surface area contributed by atoms with Gasteiger partial charge in [-0.2, -0.15) is 0 Å². The third-order valence-corrected chi connectivity index (χ3v) is 3.98. The van der Waals surface area contributed by atoms with Crippen LogP contribution in [0, 0.1) is 5.82 Å². The Bertz CT molecular complexity index is 615. The summed E-state index contributed by atoms with van der Waals surface area (Å²) in [6, 6.07) is 12.8. The van der Waals surface area contributed by atoms with Gasteiger partial charge in [-0.05, 0) is 50.7 Å². The lowest BCUT2D eigenvalue weighted by molar-refractivity contribution is 0.625. The monoisotopic (exact) mass is 306 g/mol. The van der Waals surface area contributed by atoms with Gasteiger partial charge < -0.3 is 10.2 Å². The molecule has 0 amide bonds. The number of hydrogen-bond acceptors (Lipinski definition) is 2. The molecule has 112 valence electrons. The van der Waals surface area contributed by atoms with Crippen molar-refractivity contribution in [2.24, 2.45) is 0 Å². The molecule has 2 nitrogen and oxygen atoms in total. The molecule has 0 aliphatic heterocycles. The van der Waals surface area contributed by atoms with Gasteiger partial charge in [0.05, 0.1) is 5.69 Å². The summed E-state index contributed by atoms with van der Waals surface area (Å²) in [4.78, 5) is 1.91. The average molecular weight is 307 g/mol. The van der Waals surface area contributed by atoms with Gasteiger partial charge in [-0.25, -0.2) is 4.39 Å². The van der Waals surface area contributed by atoms with Crippen LogP contribution in [0.3, 0.4) is 0 Å². The van der Waals surface area contributed by atoms with Gasteiger partial charge in [-0.15, -0.1) is 0 Å². The normalized spacial score (nSPS) is 12.2. The SMILES string of the molecule is CCN(c1ccc(C(C)NC)c(Cl)c1)c1ccccc1F. The van der Waals surface area contributed by atoms with E-state index in [9.17, 15) is 4.39 Å². The summed E-state index contributed by atoms with van der Waals surface area (Å²) in [5.41, 5.74) is 2.48. The maximum absolute atomic E-state index is 14.0. The number of nitrogens with zero attached hydrogens (tertiary/aromatic N) is 1. The van der Waals surface area contributed by atoms with E-state index in [1.54, 1.807) is 12.1 Å². The molecule has 0 aromatic heterocycles. The largest absolute Gasteiger partial charge is 0.339 e. The fourth-order valence-electron chi connectivity index (χ4n) is 2.35. The molecule has 0 radical (unpaired) electrons. The number of benzene rings is 2. The van der Waals surface area contributed by atoms with E-state index < -0.39 is 0 Å². The van der Waals surface area contributed by atoms with E-state index in [0.29, 0.717) is 17.3 Å². The minimum atomic E-state index is -0.233. The third-order valence-electron chi connectivity index (χ3n) is 3.65. The molecule has 2 aromatic rings. The van der Waals surface area contributed by atoms with Crippen LogP contribution >= 0.6 is 11.6 Å². The number of anilines is 2. The van der Waals surface area contributed by atoms with Gasteiger partial charge in [0.1, 0.15) is 5.82 Å². The lowest BCUT2D eigenvalue weighted by Gasteiger charge is -2.25. The van der Waals surface area contributed by atoms with Crippen LogP contribution in [-0.4, -0.2) is 13.6 Å². The van der Waals surface area contributed by atoms with Crippen molar-refractivity contribution in [2.45, 2.75) is 19.9 Å². The predicted octanol–water partition coefficient (Wildman–Crippen LogP) is 4.92.